The summed E-state index contributed by atoms with van der Waals surface area (Å²) in [5.74, 6) is -0.311. The maximum atomic E-state index is 12.1. The second kappa shape index (κ2) is 6.75. The zero-order valence-electron chi connectivity index (χ0n) is 12.3. The van der Waals surface area contributed by atoms with E-state index in [1.807, 2.05) is 18.7 Å². The lowest BCUT2D eigenvalue weighted by molar-refractivity contribution is -0.120. The number of nitrogens with one attached hydrogen (secondary N) is 2. The number of nitrogens with two attached hydrogens (primary N) is 1. The van der Waals surface area contributed by atoms with Crippen LogP contribution in [0.5, 0.6) is 0 Å². The van der Waals surface area contributed by atoms with Gasteiger partial charge >= 0.3 is 0 Å². The van der Waals surface area contributed by atoms with E-state index in [1.54, 1.807) is 0 Å². The van der Waals surface area contributed by atoms with Gasteiger partial charge in [-0.1, -0.05) is 11.3 Å². The molecular weight excluding hydrogens is 290 g/mol. The summed E-state index contributed by atoms with van der Waals surface area (Å²) in [5, 5.41) is 6.12. The third kappa shape index (κ3) is 4.07. The van der Waals surface area contributed by atoms with Gasteiger partial charge in [-0.2, -0.15) is 0 Å². The fourth-order valence-corrected chi connectivity index (χ4v) is 2.89. The third-order valence-electron chi connectivity index (χ3n) is 3.23. The van der Waals surface area contributed by atoms with Gasteiger partial charge in [0.1, 0.15) is 10.7 Å². The average molecular weight is 311 g/mol. The van der Waals surface area contributed by atoms with E-state index in [0.717, 1.165) is 31.1 Å². The Hall–Kier alpha value is -1.83. The van der Waals surface area contributed by atoms with Crippen molar-refractivity contribution in [1.29, 1.82) is 0 Å². The zero-order chi connectivity index (χ0) is 15.4. The van der Waals surface area contributed by atoms with Crippen molar-refractivity contribution in [1.82, 2.24) is 15.6 Å². The van der Waals surface area contributed by atoms with E-state index in [0.29, 0.717) is 4.88 Å². The Morgan fingerprint density at radius 2 is 2.05 bits per heavy atom. The van der Waals surface area contributed by atoms with Gasteiger partial charge in [-0.3, -0.25) is 9.59 Å². The van der Waals surface area contributed by atoms with Gasteiger partial charge in [0, 0.05) is 19.1 Å². The molecule has 0 unspecified atom stereocenters. The van der Waals surface area contributed by atoms with Gasteiger partial charge in [0.25, 0.3) is 5.91 Å². The SMILES string of the molecule is CCN(CC)c1nc(N)c(C(=O)NCC(=O)NC2CC2)s1. The van der Waals surface area contributed by atoms with Gasteiger partial charge < -0.3 is 21.3 Å². The number of nitrogen functional groups attached to an aromatic ring is 1. The van der Waals surface area contributed by atoms with E-state index in [1.165, 1.54) is 11.3 Å². The van der Waals surface area contributed by atoms with Crippen molar-refractivity contribution in [3.63, 3.8) is 0 Å². The van der Waals surface area contributed by atoms with Crippen LogP contribution in [0, 0.1) is 0 Å². The number of aromatic nitrogens is 1. The molecule has 0 atom stereocenters. The number of anilines is 2. The Kier molecular flexibility index (Phi) is 5.00. The summed E-state index contributed by atoms with van der Waals surface area (Å²) >= 11 is 1.25. The topological polar surface area (TPSA) is 100 Å². The fraction of sp³-hybridized carbons (Fsp3) is 0.615. The molecule has 0 saturated heterocycles. The number of thiazole rings is 1. The van der Waals surface area contributed by atoms with E-state index >= 15 is 0 Å². The first kappa shape index (κ1) is 15.6. The van der Waals surface area contributed by atoms with Crippen molar-refractivity contribution in [2.24, 2.45) is 0 Å². The van der Waals surface area contributed by atoms with Crippen LogP contribution in [0.15, 0.2) is 0 Å². The van der Waals surface area contributed by atoms with Crippen molar-refractivity contribution in [3.05, 3.63) is 4.88 Å². The number of carbonyl (C=O) groups is 2. The normalized spacial score (nSPS) is 13.8. The Morgan fingerprint density at radius 3 is 2.62 bits per heavy atom. The van der Waals surface area contributed by atoms with Gasteiger partial charge in [0.2, 0.25) is 5.91 Å². The molecule has 1 aromatic rings. The van der Waals surface area contributed by atoms with Gasteiger partial charge in [-0.15, -0.1) is 0 Å². The molecule has 21 heavy (non-hydrogen) atoms. The third-order valence-corrected chi connectivity index (χ3v) is 4.36. The molecule has 0 bridgehead atoms. The molecule has 1 heterocycles. The van der Waals surface area contributed by atoms with Gasteiger partial charge in [-0.25, -0.2) is 4.98 Å². The van der Waals surface area contributed by atoms with Crippen molar-refractivity contribution in [3.8, 4) is 0 Å². The second-order valence-electron chi connectivity index (χ2n) is 4.91. The smallest absolute Gasteiger partial charge is 0.265 e. The zero-order valence-corrected chi connectivity index (χ0v) is 13.1. The molecule has 7 nitrogen and oxygen atoms in total. The molecule has 116 valence electrons. The molecule has 8 heteroatoms. The monoisotopic (exact) mass is 311 g/mol. The lowest BCUT2D eigenvalue weighted by Crippen LogP contribution is -2.37. The molecule has 0 spiro atoms. The lowest BCUT2D eigenvalue weighted by Gasteiger charge is -2.16. The first-order valence-corrected chi connectivity index (χ1v) is 7.95. The van der Waals surface area contributed by atoms with E-state index in [4.69, 9.17) is 5.73 Å². The Labute approximate surface area is 127 Å². The first-order chi connectivity index (χ1) is 10.0. The predicted octanol–water partition coefficient (Wildman–Crippen LogP) is 0.580. The van der Waals surface area contributed by atoms with E-state index < -0.39 is 0 Å². The molecule has 0 aliphatic heterocycles. The van der Waals surface area contributed by atoms with Crippen molar-refractivity contribution in [2.75, 3.05) is 30.3 Å². The average Bonchev–Trinajstić information content (AvgIpc) is 3.18. The number of hydrogen-bond donors (Lipinski definition) is 3. The van der Waals surface area contributed by atoms with Gasteiger partial charge in [-0.05, 0) is 26.7 Å². The van der Waals surface area contributed by atoms with Gasteiger partial charge in [0.15, 0.2) is 5.13 Å². The molecule has 2 amide bonds. The van der Waals surface area contributed by atoms with Crippen LogP contribution in [0.3, 0.4) is 0 Å². The van der Waals surface area contributed by atoms with Crippen LogP contribution in [0.25, 0.3) is 0 Å². The quantitative estimate of drug-likeness (QED) is 0.684. The van der Waals surface area contributed by atoms with Crippen molar-refractivity contribution < 1.29 is 9.59 Å². The van der Waals surface area contributed by atoms with E-state index in [-0.39, 0.29) is 30.2 Å². The molecular formula is C13H21N5O2S. The minimum Gasteiger partial charge on any atom is -0.382 e. The number of rotatable bonds is 7. The van der Waals surface area contributed by atoms with E-state index in [2.05, 4.69) is 15.6 Å². The van der Waals surface area contributed by atoms with Crippen LogP contribution in [0.4, 0.5) is 10.9 Å². The highest BCUT2D eigenvalue weighted by atomic mass is 32.1. The molecule has 0 aromatic carbocycles. The Morgan fingerprint density at radius 1 is 1.38 bits per heavy atom. The molecule has 1 fully saturated rings. The van der Waals surface area contributed by atoms with Crippen LogP contribution in [-0.4, -0.2) is 42.5 Å². The molecule has 1 aromatic heterocycles. The molecule has 1 saturated carbocycles. The Bertz CT molecular complexity index is 523. The van der Waals surface area contributed by atoms with Crippen molar-refractivity contribution >= 4 is 34.1 Å². The second-order valence-corrected chi connectivity index (χ2v) is 5.89. The number of hydrogen-bond acceptors (Lipinski definition) is 6. The van der Waals surface area contributed by atoms with Gasteiger partial charge in [0.05, 0.1) is 6.54 Å². The largest absolute Gasteiger partial charge is 0.382 e. The predicted molar refractivity (Wildman–Crippen MR) is 83.6 cm³/mol. The molecule has 1 aliphatic rings. The summed E-state index contributed by atoms with van der Waals surface area (Å²) in [5.41, 5.74) is 5.80. The van der Waals surface area contributed by atoms with E-state index in [9.17, 15) is 9.59 Å². The number of nitrogens with zero attached hydrogens (tertiary/aromatic N) is 2. The maximum absolute atomic E-state index is 12.1. The van der Waals surface area contributed by atoms with Crippen molar-refractivity contribution in [2.45, 2.75) is 32.7 Å². The summed E-state index contributed by atoms with van der Waals surface area (Å²) in [6.07, 6.45) is 2.05. The minimum absolute atomic E-state index is 0.0344. The van der Waals surface area contributed by atoms with Crippen LogP contribution < -0.4 is 21.3 Å². The fourth-order valence-electron chi connectivity index (χ4n) is 1.86. The van der Waals surface area contributed by atoms with Crippen LogP contribution in [0.2, 0.25) is 0 Å². The lowest BCUT2D eigenvalue weighted by atomic mass is 10.4. The molecule has 1 aliphatic carbocycles. The number of amides is 2. The summed E-state index contributed by atoms with van der Waals surface area (Å²) in [4.78, 5) is 30.2. The highest BCUT2D eigenvalue weighted by Crippen LogP contribution is 2.27. The Balaban J connectivity index is 1.93. The number of carbonyl (C=O) groups excluding carboxylic acids is 2. The summed E-state index contributed by atoms with van der Waals surface area (Å²) in [6.45, 7) is 5.60. The highest BCUT2D eigenvalue weighted by molar-refractivity contribution is 7.18. The molecule has 4 N–H and O–H groups in total. The first-order valence-electron chi connectivity index (χ1n) is 7.13. The van der Waals surface area contributed by atoms with Crippen LogP contribution >= 0.6 is 11.3 Å². The van der Waals surface area contributed by atoms with Crippen LogP contribution in [-0.2, 0) is 4.79 Å². The van der Waals surface area contributed by atoms with Crippen LogP contribution in [0.1, 0.15) is 36.4 Å². The summed E-state index contributed by atoms with van der Waals surface area (Å²) in [7, 11) is 0. The minimum atomic E-state index is -0.352. The summed E-state index contributed by atoms with van der Waals surface area (Å²) in [6, 6.07) is 0.289. The molecule has 0 radical (unpaired) electrons. The highest BCUT2D eigenvalue weighted by Gasteiger charge is 2.24. The standard InChI is InChI=1S/C13H21N5O2S/c1-3-18(4-2)13-17-11(14)10(21-13)12(20)15-7-9(19)16-8-5-6-8/h8H,3-7,14H2,1-2H3,(H,15,20)(H,16,19). The summed E-state index contributed by atoms with van der Waals surface area (Å²) < 4.78 is 0. The maximum Gasteiger partial charge on any atom is 0.265 e. The molecule has 2 rings (SSSR count).